The normalized spacial score (nSPS) is 10.4. The molecule has 0 spiro atoms. The van der Waals surface area contributed by atoms with Crippen LogP contribution in [0.4, 0.5) is 17.1 Å². The van der Waals surface area contributed by atoms with Crippen LogP contribution in [0, 0.1) is 0 Å². The number of methoxy groups -OCH3 is 3. The number of amides is 1. The molecular formula is C59H57N3O13. The van der Waals surface area contributed by atoms with Crippen molar-refractivity contribution in [3.8, 4) is 28.7 Å². The summed E-state index contributed by atoms with van der Waals surface area (Å²) in [6.45, 7) is 9.57. The summed E-state index contributed by atoms with van der Waals surface area (Å²) in [5, 5.41) is 10.8. The zero-order chi connectivity index (χ0) is 54.2. The van der Waals surface area contributed by atoms with Crippen LogP contribution in [-0.2, 0) is 28.7 Å². The standard InChI is InChI=1S/C23H26O5.C18H15N3O3.C18H16O5/c1-3-4-5-6-17-27-20-14-10-19(11-15-20)23(25)28-21-12-7-18(8-13-21)9-16-22(24)26-2;1-3-17(22)19-13-5-7-14(8-6-13)20-21-15-9-11-16(12-10-15)24-18(23)4-2;1-21-15-10-6-14(7-11-15)18(20)23-16-8-3-13(4-9-16)5-12-17(19)22-2/h7-16H,3-6,17H2,1-2H3;3-12H,1-2H2,(H,19,22);3-12H,1-2H3. The number of unbranched alkanes of at least 4 members (excludes halogenated alkanes) is 3. The highest BCUT2D eigenvalue weighted by Gasteiger charge is 2.11. The summed E-state index contributed by atoms with van der Waals surface area (Å²) < 4.78 is 35.4. The maximum absolute atomic E-state index is 12.3. The third-order valence-electron chi connectivity index (χ3n) is 9.91. The van der Waals surface area contributed by atoms with Crippen LogP contribution in [0.25, 0.3) is 12.2 Å². The van der Waals surface area contributed by atoms with Gasteiger partial charge >= 0.3 is 29.8 Å². The largest absolute Gasteiger partial charge is 0.497 e. The second-order valence-electron chi connectivity index (χ2n) is 15.4. The molecule has 0 heterocycles. The number of azo groups is 1. The van der Waals surface area contributed by atoms with Crippen molar-refractivity contribution in [3.05, 3.63) is 205 Å². The molecule has 0 aliphatic rings. The summed E-state index contributed by atoms with van der Waals surface area (Å²) in [7, 11) is 4.19. The highest BCUT2D eigenvalue weighted by atomic mass is 16.5. The molecular weight excluding hydrogens is 959 g/mol. The molecule has 0 fully saturated rings. The number of hydrogen-bond acceptors (Lipinski definition) is 15. The fraction of sp³-hybridized carbons (Fsp3) is 0.153. The predicted molar refractivity (Wildman–Crippen MR) is 286 cm³/mol. The number of carbonyl (C=O) groups is 6. The summed E-state index contributed by atoms with van der Waals surface area (Å²) in [5.74, 6) is 0.119. The molecule has 0 atom stereocenters. The molecule has 6 aromatic carbocycles. The molecule has 16 heteroatoms. The van der Waals surface area contributed by atoms with Crippen LogP contribution in [0.1, 0.15) is 64.4 Å². The number of hydrogen-bond donors (Lipinski definition) is 1. The molecule has 6 aromatic rings. The molecule has 0 aliphatic carbocycles. The highest BCUT2D eigenvalue weighted by Crippen LogP contribution is 2.24. The first-order chi connectivity index (χ1) is 36.3. The number of nitrogens with zero attached hydrogens (tertiary/aromatic N) is 2. The maximum atomic E-state index is 12.3. The summed E-state index contributed by atoms with van der Waals surface area (Å²) in [6.07, 6.45) is 12.8. The molecule has 0 saturated carbocycles. The quantitative estimate of drug-likeness (QED) is 0.0235. The van der Waals surface area contributed by atoms with E-state index in [0.29, 0.717) is 57.8 Å². The summed E-state index contributed by atoms with van der Waals surface area (Å²) in [6, 6.07) is 40.6. The minimum Gasteiger partial charge on any atom is -0.497 e. The van der Waals surface area contributed by atoms with E-state index in [4.69, 9.17) is 23.7 Å². The number of benzene rings is 6. The second-order valence-corrected chi connectivity index (χ2v) is 15.4. The second kappa shape index (κ2) is 32.3. The Balaban J connectivity index is 0.000000245. The van der Waals surface area contributed by atoms with Crippen molar-refractivity contribution in [2.45, 2.75) is 32.6 Å². The summed E-state index contributed by atoms with van der Waals surface area (Å²) in [5.41, 5.74) is 4.36. The Kier molecular flexibility index (Phi) is 24.9. The number of carbonyl (C=O) groups excluding carboxylic acids is 6. The van der Waals surface area contributed by atoms with Gasteiger partial charge in [-0.2, -0.15) is 10.2 Å². The molecule has 0 bridgehead atoms. The Bertz CT molecular complexity index is 2830. The van der Waals surface area contributed by atoms with Crippen molar-refractivity contribution >= 4 is 65.0 Å². The summed E-state index contributed by atoms with van der Waals surface area (Å²) >= 11 is 0. The van der Waals surface area contributed by atoms with Gasteiger partial charge in [0.25, 0.3) is 0 Å². The minimum atomic E-state index is -0.520. The van der Waals surface area contributed by atoms with E-state index in [-0.39, 0.29) is 5.91 Å². The van der Waals surface area contributed by atoms with Gasteiger partial charge in [-0.05, 0) is 157 Å². The Morgan fingerprint density at radius 1 is 0.480 bits per heavy atom. The molecule has 386 valence electrons. The first-order valence-corrected chi connectivity index (χ1v) is 23.3. The number of anilines is 1. The van der Waals surface area contributed by atoms with Crippen molar-refractivity contribution in [3.63, 3.8) is 0 Å². The van der Waals surface area contributed by atoms with Gasteiger partial charge in [-0.25, -0.2) is 24.0 Å². The van der Waals surface area contributed by atoms with Crippen molar-refractivity contribution in [2.24, 2.45) is 10.2 Å². The average molecular weight is 1020 g/mol. The molecule has 0 saturated heterocycles. The summed E-state index contributed by atoms with van der Waals surface area (Å²) in [4.78, 5) is 68.6. The van der Waals surface area contributed by atoms with E-state index in [1.54, 1.807) is 165 Å². The smallest absolute Gasteiger partial charge is 0.343 e. The fourth-order valence-corrected chi connectivity index (χ4v) is 5.88. The van der Waals surface area contributed by atoms with E-state index in [9.17, 15) is 28.8 Å². The van der Waals surface area contributed by atoms with Gasteiger partial charge in [0.05, 0.1) is 50.4 Å². The van der Waals surface area contributed by atoms with Gasteiger partial charge in [0, 0.05) is 23.9 Å². The molecule has 0 aliphatic heterocycles. The van der Waals surface area contributed by atoms with Gasteiger partial charge in [0.15, 0.2) is 0 Å². The topological polar surface area (TPSA) is 204 Å². The fourth-order valence-electron chi connectivity index (χ4n) is 5.88. The van der Waals surface area contributed by atoms with E-state index in [1.807, 2.05) is 0 Å². The van der Waals surface area contributed by atoms with E-state index < -0.39 is 29.8 Å². The lowest BCUT2D eigenvalue weighted by molar-refractivity contribution is -0.135. The zero-order valence-corrected chi connectivity index (χ0v) is 42.0. The van der Waals surface area contributed by atoms with Crippen LogP contribution < -0.4 is 29.0 Å². The maximum Gasteiger partial charge on any atom is 0.343 e. The number of ether oxygens (including phenoxy) is 7. The van der Waals surface area contributed by atoms with Crippen LogP contribution in [0.15, 0.2) is 193 Å². The van der Waals surface area contributed by atoms with Gasteiger partial charge < -0.3 is 38.5 Å². The lowest BCUT2D eigenvalue weighted by Crippen LogP contribution is -2.08. The van der Waals surface area contributed by atoms with Crippen molar-refractivity contribution in [2.75, 3.05) is 33.3 Å². The third-order valence-corrected chi connectivity index (χ3v) is 9.91. The van der Waals surface area contributed by atoms with E-state index in [0.717, 1.165) is 35.8 Å². The molecule has 6 rings (SSSR count). The van der Waals surface area contributed by atoms with Crippen LogP contribution >= 0.6 is 0 Å². The lowest BCUT2D eigenvalue weighted by atomic mass is 10.2. The number of nitrogens with one attached hydrogen (secondary N) is 1. The number of rotatable bonds is 21. The van der Waals surface area contributed by atoms with Crippen LogP contribution in [0.5, 0.6) is 28.7 Å². The van der Waals surface area contributed by atoms with Gasteiger partial charge in [0.1, 0.15) is 28.7 Å². The van der Waals surface area contributed by atoms with Crippen molar-refractivity contribution in [1.29, 1.82) is 0 Å². The first kappa shape index (κ1) is 57.9. The molecule has 1 N–H and O–H groups in total. The predicted octanol–water partition coefficient (Wildman–Crippen LogP) is 12.5. The van der Waals surface area contributed by atoms with E-state index in [2.05, 4.69) is 45.1 Å². The van der Waals surface area contributed by atoms with E-state index in [1.165, 1.54) is 45.3 Å². The Morgan fingerprint density at radius 3 is 1.33 bits per heavy atom. The van der Waals surface area contributed by atoms with Crippen LogP contribution in [0.3, 0.4) is 0 Å². The van der Waals surface area contributed by atoms with Crippen molar-refractivity contribution in [1.82, 2.24) is 0 Å². The molecule has 75 heavy (non-hydrogen) atoms. The van der Waals surface area contributed by atoms with Gasteiger partial charge in [-0.1, -0.05) is 63.6 Å². The lowest BCUT2D eigenvalue weighted by Gasteiger charge is -2.08. The SMILES string of the molecule is C=CC(=O)Nc1ccc(N=Nc2ccc(OC(=O)C=C)cc2)cc1.CCCCCCOc1ccc(C(=O)Oc2ccc(C=CC(=O)OC)cc2)cc1.COC(=O)C=Cc1ccc(OC(=O)c2ccc(OC)cc2)cc1. The minimum absolute atomic E-state index is 0.276. The Morgan fingerprint density at radius 2 is 0.907 bits per heavy atom. The molecule has 1 amide bonds. The molecule has 16 nitrogen and oxygen atoms in total. The molecule has 0 unspecified atom stereocenters. The van der Waals surface area contributed by atoms with Crippen LogP contribution in [-0.4, -0.2) is 63.7 Å². The van der Waals surface area contributed by atoms with Crippen LogP contribution in [0.2, 0.25) is 0 Å². The monoisotopic (exact) mass is 1020 g/mol. The highest BCUT2D eigenvalue weighted by molar-refractivity contribution is 5.99. The van der Waals surface area contributed by atoms with E-state index >= 15 is 0 Å². The molecule has 0 aromatic heterocycles. The molecule has 0 radical (unpaired) electrons. The number of esters is 5. The third kappa shape index (κ3) is 22.1. The Hall–Kier alpha value is -9.70. The van der Waals surface area contributed by atoms with Gasteiger partial charge in [0.2, 0.25) is 5.91 Å². The van der Waals surface area contributed by atoms with Gasteiger partial charge in [-0.3, -0.25) is 4.79 Å². The average Bonchev–Trinajstić information content (AvgIpc) is 3.45. The first-order valence-electron chi connectivity index (χ1n) is 23.3. The van der Waals surface area contributed by atoms with Gasteiger partial charge in [-0.15, -0.1) is 0 Å². The zero-order valence-electron chi connectivity index (χ0n) is 42.0. The Labute approximate surface area is 435 Å². The van der Waals surface area contributed by atoms with Crippen molar-refractivity contribution < 1.29 is 61.9 Å².